The van der Waals surface area contributed by atoms with Gasteiger partial charge in [-0.15, -0.1) is 0 Å². The van der Waals surface area contributed by atoms with Crippen molar-refractivity contribution in [2.75, 3.05) is 14.2 Å². The fourth-order valence-corrected chi connectivity index (χ4v) is 0.746. The van der Waals surface area contributed by atoms with Crippen LogP contribution in [0.15, 0.2) is 23.8 Å². The highest BCUT2D eigenvalue weighted by Crippen LogP contribution is 2.06. The number of esters is 2. The van der Waals surface area contributed by atoms with Crippen LogP contribution in [0, 0.1) is 0 Å². The summed E-state index contributed by atoms with van der Waals surface area (Å²) in [7, 11) is 2.42. The average molecular weight is 198 g/mol. The minimum Gasteiger partial charge on any atom is -0.465 e. The van der Waals surface area contributed by atoms with Crippen LogP contribution in [0.4, 0.5) is 0 Å². The third-order valence-electron chi connectivity index (χ3n) is 1.47. The van der Waals surface area contributed by atoms with Gasteiger partial charge in [-0.25, -0.2) is 9.59 Å². The first kappa shape index (κ1) is 12.4. The number of hydrogen-bond acceptors (Lipinski definition) is 4. The molecule has 0 N–H and O–H groups in total. The molecule has 0 aliphatic carbocycles. The van der Waals surface area contributed by atoms with Gasteiger partial charge in [-0.2, -0.15) is 0 Å². The van der Waals surface area contributed by atoms with Crippen LogP contribution in [0.3, 0.4) is 0 Å². The number of rotatable bonds is 4. The lowest BCUT2D eigenvalue weighted by Crippen LogP contribution is -2.15. The van der Waals surface area contributed by atoms with Crippen molar-refractivity contribution in [3.05, 3.63) is 23.8 Å². The van der Waals surface area contributed by atoms with Crippen molar-refractivity contribution in [1.29, 1.82) is 0 Å². The monoisotopic (exact) mass is 198 g/mol. The zero-order valence-corrected chi connectivity index (χ0v) is 8.62. The van der Waals surface area contributed by atoms with E-state index >= 15 is 0 Å². The molecule has 0 radical (unpaired) electrons. The molecule has 0 saturated heterocycles. The Morgan fingerprint density at radius 2 is 1.64 bits per heavy atom. The van der Waals surface area contributed by atoms with E-state index in [1.165, 1.54) is 20.3 Å². The molecule has 4 nitrogen and oxygen atoms in total. The molecule has 0 heterocycles. The van der Waals surface area contributed by atoms with Gasteiger partial charge < -0.3 is 9.47 Å². The summed E-state index contributed by atoms with van der Waals surface area (Å²) in [6.07, 6.45) is 1.89. The van der Waals surface area contributed by atoms with Crippen molar-refractivity contribution in [3.63, 3.8) is 0 Å². The van der Waals surface area contributed by atoms with Crippen molar-refractivity contribution in [3.8, 4) is 0 Å². The molecule has 0 saturated carbocycles. The molecular formula is C10H14O4. The lowest BCUT2D eigenvalue weighted by atomic mass is 10.1. The van der Waals surface area contributed by atoms with Crippen LogP contribution in [0.2, 0.25) is 0 Å². The van der Waals surface area contributed by atoms with Gasteiger partial charge in [-0.1, -0.05) is 18.2 Å². The van der Waals surface area contributed by atoms with Gasteiger partial charge in [0.2, 0.25) is 0 Å². The molecule has 0 atom stereocenters. The van der Waals surface area contributed by atoms with Crippen molar-refractivity contribution in [1.82, 2.24) is 0 Å². The molecule has 78 valence electrons. The molecule has 0 aromatic rings. The maximum Gasteiger partial charge on any atom is 0.344 e. The highest BCUT2D eigenvalue weighted by molar-refractivity contribution is 6.13. The van der Waals surface area contributed by atoms with E-state index in [9.17, 15) is 9.59 Å². The Morgan fingerprint density at radius 1 is 1.21 bits per heavy atom. The highest BCUT2D eigenvalue weighted by Gasteiger charge is 2.18. The standard InChI is InChI=1S/C10H14O4/c1-7(2)5-6-8(9(11)13-3)10(12)14-4/h6H,1,5H2,2-4H3. The quantitative estimate of drug-likeness (QED) is 0.224. The molecule has 0 unspecified atom stereocenters. The van der Waals surface area contributed by atoms with E-state index in [0.717, 1.165) is 5.57 Å². The van der Waals surface area contributed by atoms with Crippen LogP contribution in [0.25, 0.3) is 0 Å². The fraction of sp³-hybridized carbons (Fsp3) is 0.400. The molecular weight excluding hydrogens is 184 g/mol. The number of carbonyl (C=O) groups is 2. The number of allylic oxidation sites excluding steroid dienone is 2. The summed E-state index contributed by atoms with van der Waals surface area (Å²) in [4.78, 5) is 22.2. The van der Waals surface area contributed by atoms with Gasteiger partial charge in [0.1, 0.15) is 5.57 Å². The minimum atomic E-state index is -0.696. The summed E-state index contributed by atoms with van der Waals surface area (Å²) in [6, 6.07) is 0. The van der Waals surface area contributed by atoms with Crippen molar-refractivity contribution in [2.45, 2.75) is 13.3 Å². The fourth-order valence-electron chi connectivity index (χ4n) is 0.746. The summed E-state index contributed by atoms with van der Waals surface area (Å²) in [5.41, 5.74) is 0.744. The Labute approximate surface area is 83.2 Å². The first-order chi connectivity index (χ1) is 6.52. The smallest absolute Gasteiger partial charge is 0.344 e. The Hall–Kier alpha value is -1.58. The summed E-state index contributed by atoms with van der Waals surface area (Å²) < 4.78 is 8.86. The molecule has 0 aliphatic heterocycles. The Kier molecular flexibility index (Phi) is 5.29. The van der Waals surface area contributed by atoms with E-state index in [0.29, 0.717) is 6.42 Å². The molecule has 0 bridgehead atoms. The molecule has 0 aromatic heterocycles. The Bertz CT molecular complexity index is 258. The largest absolute Gasteiger partial charge is 0.465 e. The van der Waals surface area contributed by atoms with E-state index in [-0.39, 0.29) is 5.57 Å². The summed E-state index contributed by atoms with van der Waals surface area (Å²) in [5, 5.41) is 0. The summed E-state index contributed by atoms with van der Waals surface area (Å²) >= 11 is 0. The molecule has 0 fully saturated rings. The number of methoxy groups -OCH3 is 2. The van der Waals surface area contributed by atoms with E-state index < -0.39 is 11.9 Å². The molecule has 0 amide bonds. The lowest BCUT2D eigenvalue weighted by molar-refractivity contribution is -0.144. The maximum atomic E-state index is 11.1. The number of carbonyl (C=O) groups excluding carboxylic acids is 2. The predicted molar refractivity (Wildman–Crippen MR) is 51.5 cm³/mol. The van der Waals surface area contributed by atoms with Crippen molar-refractivity contribution in [2.24, 2.45) is 0 Å². The Morgan fingerprint density at radius 3 is 1.93 bits per heavy atom. The van der Waals surface area contributed by atoms with Crippen LogP contribution in [0.5, 0.6) is 0 Å². The van der Waals surface area contributed by atoms with E-state index in [2.05, 4.69) is 16.1 Å². The van der Waals surface area contributed by atoms with Crippen LogP contribution in [0.1, 0.15) is 13.3 Å². The van der Waals surface area contributed by atoms with Gasteiger partial charge in [0.15, 0.2) is 0 Å². The lowest BCUT2D eigenvalue weighted by Gasteiger charge is -2.02. The summed E-state index contributed by atoms with van der Waals surface area (Å²) in [5.74, 6) is -1.39. The second kappa shape index (κ2) is 5.96. The predicted octanol–water partition coefficient (Wildman–Crippen LogP) is 1.23. The Balaban J connectivity index is 4.71. The second-order valence-corrected chi connectivity index (χ2v) is 2.76. The zero-order chi connectivity index (χ0) is 11.1. The zero-order valence-electron chi connectivity index (χ0n) is 8.62. The summed E-state index contributed by atoms with van der Waals surface area (Å²) in [6.45, 7) is 5.44. The molecule has 0 aromatic carbocycles. The molecule has 4 heteroatoms. The van der Waals surface area contributed by atoms with Gasteiger partial charge in [0, 0.05) is 0 Å². The number of ether oxygens (including phenoxy) is 2. The molecule has 0 aliphatic rings. The second-order valence-electron chi connectivity index (χ2n) is 2.76. The van der Waals surface area contributed by atoms with E-state index in [1.54, 1.807) is 6.92 Å². The minimum absolute atomic E-state index is 0.0991. The molecule has 14 heavy (non-hydrogen) atoms. The molecule has 0 spiro atoms. The van der Waals surface area contributed by atoms with Gasteiger partial charge in [-0.05, 0) is 13.3 Å². The van der Waals surface area contributed by atoms with E-state index in [1.807, 2.05) is 0 Å². The maximum absolute atomic E-state index is 11.1. The van der Waals surface area contributed by atoms with E-state index in [4.69, 9.17) is 0 Å². The molecule has 0 rings (SSSR count). The van der Waals surface area contributed by atoms with Gasteiger partial charge >= 0.3 is 11.9 Å². The van der Waals surface area contributed by atoms with Gasteiger partial charge in [0.25, 0.3) is 0 Å². The first-order valence-corrected chi connectivity index (χ1v) is 4.04. The van der Waals surface area contributed by atoms with Crippen LogP contribution in [-0.2, 0) is 19.1 Å². The van der Waals surface area contributed by atoms with Crippen molar-refractivity contribution >= 4 is 11.9 Å². The normalized spacial score (nSPS) is 8.79. The average Bonchev–Trinajstić information content (AvgIpc) is 2.16. The van der Waals surface area contributed by atoms with Crippen LogP contribution >= 0.6 is 0 Å². The number of hydrogen-bond donors (Lipinski definition) is 0. The van der Waals surface area contributed by atoms with Crippen molar-refractivity contribution < 1.29 is 19.1 Å². The third kappa shape index (κ3) is 3.89. The van der Waals surface area contributed by atoms with Gasteiger partial charge in [0.05, 0.1) is 14.2 Å². The van der Waals surface area contributed by atoms with Gasteiger partial charge in [-0.3, -0.25) is 0 Å². The van der Waals surface area contributed by atoms with Crippen LogP contribution < -0.4 is 0 Å². The third-order valence-corrected chi connectivity index (χ3v) is 1.47. The first-order valence-electron chi connectivity index (χ1n) is 4.04. The topological polar surface area (TPSA) is 52.6 Å². The van der Waals surface area contributed by atoms with Crippen LogP contribution in [-0.4, -0.2) is 26.2 Å². The highest BCUT2D eigenvalue weighted by atomic mass is 16.5. The SMILES string of the molecule is C=C(C)CC=C(C(=O)OC)C(=O)OC.